The van der Waals surface area contributed by atoms with E-state index < -0.39 is 9.84 Å². The second-order valence-corrected chi connectivity index (χ2v) is 10.6. The highest BCUT2D eigenvalue weighted by Gasteiger charge is 2.50. The second-order valence-electron chi connectivity index (χ2n) is 7.23. The van der Waals surface area contributed by atoms with E-state index in [2.05, 4.69) is 4.99 Å². The van der Waals surface area contributed by atoms with Gasteiger partial charge < -0.3 is 9.64 Å². The average Bonchev–Trinajstić information content (AvgIpc) is 2.97. The van der Waals surface area contributed by atoms with Gasteiger partial charge in [0.2, 0.25) is 5.91 Å². The Hall–Kier alpha value is -1.54. The van der Waals surface area contributed by atoms with Crippen molar-refractivity contribution in [1.82, 2.24) is 0 Å². The third-order valence-corrected chi connectivity index (χ3v) is 7.67. The zero-order valence-corrected chi connectivity index (χ0v) is 17.1. The van der Waals surface area contributed by atoms with Gasteiger partial charge in [-0.3, -0.25) is 4.79 Å². The zero-order chi connectivity index (χ0) is 19.1. The molecule has 6 nitrogen and oxygen atoms in total. The number of carbonyl (C=O) groups excluding carboxylic acids is 1. The number of rotatable bonds is 4. The van der Waals surface area contributed by atoms with Crippen LogP contribution in [0.15, 0.2) is 23.2 Å². The normalized spacial score (nSPS) is 25.7. The number of ether oxygens (including phenoxy) is 1. The lowest BCUT2D eigenvalue weighted by Crippen LogP contribution is -2.38. The first-order valence-electron chi connectivity index (χ1n) is 8.62. The fourth-order valence-corrected chi connectivity index (χ4v) is 7.26. The number of hydrogen-bond donors (Lipinski definition) is 0. The van der Waals surface area contributed by atoms with Gasteiger partial charge in [-0.2, -0.15) is 4.99 Å². The van der Waals surface area contributed by atoms with Gasteiger partial charge >= 0.3 is 0 Å². The molecule has 0 spiro atoms. The van der Waals surface area contributed by atoms with Crippen molar-refractivity contribution in [3.8, 4) is 5.75 Å². The van der Waals surface area contributed by atoms with Crippen molar-refractivity contribution < 1.29 is 17.9 Å². The van der Waals surface area contributed by atoms with Crippen LogP contribution >= 0.6 is 11.8 Å². The Bertz CT molecular complexity index is 849. The van der Waals surface area contributed by atoms with Crippen molar-refractivity contribution in [3.63, 3.8) is 0 Å². The van der Waals surface area contributed by atoms with Crippen LogP contribution in [-0.2, 0) is 14.6 Å². The molecule has 2 aliphatic heterocycles. The summed E-state index contributed by atoms with van der Waals surface area (Å²) in [5, 5.41) is 0.459. The van der Waals surface area contributed by atoms with Crippen molar-refractivity contribution in [2.75, 3.05) is 23.5 Å². The molecule has 3 rings (SSSR count). The van der Waals surface area contributed by atoms with Gasteiger partial charge in [0.1, 0.15) is 5.75 Å². The molecule has 0 bridgehead atoms. The first-order valence-corrected chi connectivity index (χ1v) is 11.3. The number of nitrogens with zero attached hydrogens (tertiary/aromatic N) is 2. The molecule has 1 aromatic carbocycles. The Labute approximate surface area is 158 Å². The number of amides is 1. The number of amidine groups is 1. The van der Waals surface area contributed by atoms with E-state index in [0.717, 1.165) is 11.3 Å². The second kappa shape index (κ2) is 7.23. The van der Waals surface area contributed by atoms with Crippen molar-refractivity contribution in [2.45, 2.75) is 38.5 Å². The third-order valence-electron chi connectivity index (χ3n) is 4.46. The molecule has 0 unspecified atom stereocenters. The first kappa shape index (κ1) is 19.2. The minimum absolute atomic E-state index is 0.0686. The molecule has 2 aliphatic rings. The largest absolute Gasteiger partial charge is 0.495 e. The maximum Gasteiger partial charge on any atom is 0.248 e. The molecule has 0 saturated carbocycles. The molecule has 0 aliphatic carbocycles. The van der Waals surface area contributed by atoms with Crippen LogP contribution in [0.2, 0.25) is 0 Å². The summed E-state index contributed by atoms with van der Waals surface area (Å²) in [5.74, 6) is 0.871. The average molecular weight is 397 g/mol. The summed E-state index contributed by atoms with van der Waals surface area (Å²) in [5.41, 5.74) is 1.80. The SMILES string of the molecule is COc1ccc(C)cc1N1C(=NC(=O)CC(C)C)S[C@@H]2CS(=O)(=O)C[C@@H]21. The molecule has 2 heterocycles. The van der Waals surface area contributed by atoms with Gasteiger partial charge in [-0.1, -0.05) is 31.7 Å². The predicted octanol–water partition coefficient (Wildman–Crippen LogP) is 2.65. The smallest absolute Gasteiger partial charge is 0.248 e. The Morgan fingerprint density at radius 2 is 2.12 bits per heavy atom. The number of fused-ring (bicyclic) bond motifs is 1. The summed E-state index contributed by atoms with van der Waals surface area (Å²) in [7, 11) is -1.51. The summed E-state index contributed by atoms with van der Waals surface area (Å²) >= 11 is 1.39. The molecule has 0 N–H and O–H groups in total. The molecule has 142 valence electrons. The quantitative estimate of drug-likeness (QED) is 0.779. The summed E-state index contributed by atoms with van der Waals surface area (Å²) in [6.07, 6.45) is 0.372. The monoisotopic (exact) mass is 396 g/mol. The summed E-state index contributed by atoms with van der Waals surface area (Å²) < 4.78 is 29.8. The van der Waals surface area contributed by atoms with Gasteiger partial charge in [0.15, 0.2) is 15.0 Å². The molecular weight excluding hydrogens is 372 g/mol. The van der Waals surface area contributed by atoms with Gasteiger partial charge in [-0.25, -0.2) is 8.42 Å². The topological polar surface area (TPSA) is 76.0 Å². The zero-order valence-electron chi connectivity index (χ0n) is 15.4. The van der Waals surface area contributed by atoms with Crippen LogP contribution in [0, 0.1) is 12.8 Å². The van der Waals surface area contributed by atoms with E-state index in [-0.39, 0.29) is 34.6 Å². The molecule has 1 aromatic rings. The lowest BCUT2D eigenvalue weighted by molar-refractivity contribution is -0.118. The summed E-state index contributed by atoms with van der Waals surface area (Å²) in [6, 6.07) is 5.52. The number of benzene rings is 1. The maximum absolute atomic E-state index is 12.3. The van der Waals surface area contributed by atoms with E-state index >= 15 is 0 Å². The first-order chi connectivity index (χ1) is 12.2. The van der Waals surface area contributed by atoms with Crippen LogP contribution in [0.1, 0.15) is 25.8 Å². The molecule has 2 atom stereocenters. The number of anilines is 1. The van der Waals surface area contributed by atoms with Crippen LogP contribution in [0.3, 0.4) is 0 Å². The Morgan fingerprint density at radius 3 is 2.77 bits per heavy atom. The predicted molar refractivity (Wildman–Crippen MR) is 106 cm³/mol. The van der Waals surface area contributed by atoms with E-state index in [1.54, 1.807) is 7.11 Å². The number of aliphatic imine (C=N–C) groups is 1. The highest BCUT2D eigenvalue weighted by Crippen LogP contribution is 2.44. The van der Waals surface area contributed by atoms with Crippen molar-refractivity contribution in [1.29, 1.82) is 0 Å². The number of aryl methyl sites for hydroxylation is 1. The fourth-order valence-electron chi connectivity index (χ4n) is 3.34. The standard InChI is InChI=1S/C18H24N2O4S2/c1-11(2)7-17(21)19-18-20(13-8-12(3)5-6-15(13)24-4)14-9-26(22,23)10-16(14)25-18/h5-6,8,11,14,16H,7,9-10H2,1-4H3/t14-,16+/m0/s1. The molecule has 8 heteroatoms. The number of methoxy groups -OCH3 is 1. The van der Waals surface area contributed by atoms with E-state index in [0.29, 0.717) is 17.3 Å². The van der Waals surface area contributed by atoms with Gasteiger partial charge in [0.25, 0.3) is 0 Å². The van der Waals surface area contributed by atoms with E-state index in [1.807, 2.05) is 43.9 Å². The summed E-state index contributed by atoms with van der Waals surface area (Å²) in [6.45, 7) is 5.92. The number of hydrogen-bond acceptors (Lipinski definition) is 5. The lowest BCUT2D eigenvalue weighted by Gasteiger charge is -2.26. The number of carbonyl (C=O) groups is 1. The van der Waals surface area contributed by atoms with Crippen LogP contribution in [0.25, 0.3) is 0 Å². The van der Waals surface area contributed by atoms with Crippen molar-refractivity contribution >= 4 is 38.4 Å². The minimum atomic E-state index is -3.09. The number of thioether (sulfide) groups is 1. The molecule has 26 heavy (non-hydrogen) atoms. The van der Waals surface area contributed by atoms with Crippen LogP contribution in [0.5, 0.6) is 5.75 Å². The molecule has 0 aromatic heterocycles. The minimum Gasteiger partial charge on any atom is -0.495 e. The van der Waals surface area contributed by atoms with Gasteiger partial charge in [-0.05, 0) is 30.5 Å². The van der Waals surface area contributed by atoms with Gasteiger partial charge in [-0.15, -0.1) is 0 Å². The molecular formula is C18H24N2O4S2. The van der Waals surface area contributed by atoms with Gasteiger partial charge in [0, 0.05) is 11.7 Å². The van der Waals surface area contributed by atoms with Crippen LogP contribution < -0.4 is 9.64 Å². The molecule has 0 radical (unpaired) electrons. The third kappa shape index (κ3) is 3.91. The molecule has 2 saturated heterocycles. The van der Waals surface area contributed by atoms with Gasteiger partial charge in [0.05, 0.1) is 30.3 Å². The number of sulfone groups is 1. The highest BCUT2D eigenvalue weighted by atomic mass is 32.2. The van der Waals surface area contributed by atoms with Crippen LogP contribution in [-0.4, -0.2) is 49.4 Å². The molecule has 1 amide bonds. The fraction of sp³-hybridized carbons (Fsp3) is 0.556. The Morgan fingerprint density at radius 1 is 1.38 bits per heavy atom. The van der Waals surface area contributed by atoms with E-state index in [4.69, 9.17) is 4.74 Å². The highest BCUT2D eigenvalue weighted by molar-refractivity contribution is 8.16. The van der Waals surface area contributed by atoms with E-state index in [9.17, 15) is 13.2 Å². The Balaban J connectivity index is 2.05. The lowest BCUT2D eigenvalue weighted by atomic mass is 10.1. The maximum atomic E-state index is 12.3. The van der Waals surface area contributed by atoms with Crippen molar-refractivity contribution in [2.24, 2.45) is 10.9 Å². The van der Waals surface area contributed by atoms with Crippen LogP contribution in [0.4, 0.5) is 5.69 Å². The Kier molecular flexibility index (Phi) is 5.35. The van der Waals surface area contributed by atoms with Crippen molar-refractivity contribution in [3.05, 3.63) is 23.8 Å². The molecule has 2 fully saturated rings. The van der Waals surface area contributed by atoms with E-state index in [1.165, 1.54) is 11.8 Å². The summed E-state index contributed by atoms with van der Waals surface area (Å²) in [4.78, 5) is 18.5.